The minimum Gasteiger partial charge on any atom is -0.481 e. The second-order valence-corrected chi connectivity index (χ2v) is 6.29. The van der Waals surface area contributed by atoms with Crippen LogP contribution < -0.4 is 4.72 Å². The number of carbonyl (C=O) groups is 1. The third kappa shape index (κ3) is 4.50. The summed E-state index contributed by atoms with van der Waals surface area (Å²) in [5, 5.41) is 19.3. The van der Waals surface area contributed by atoms with Gasteiger partial charge in [-0.2, -0.15) is 0 Å². The lowest BCUT2D eigenvalue weighted by Gasteiger charge is -2.10. The molecule has 8 nitrogen and oxygen atoms in total. The van der Waals surface area contributed by atoms with Gasteiger partial charge in [0.25, 0.3) is 5.69 Å². The van der Waals surface area contributed by atoms with Crippen LogP contribution in [-0.2, 0) is 14.8 Å². The summed E-state index contributed by atoms with van der Waals surface area (Å²) in [5.41, 5.74) is 0.367. The molecular weight excluding hydrogens is 300 g/mol. The van der Waals surface area contributed by atoms with E-state index in [4.69, 9.17) is 5.11 Å². The molecule has 21 heavy (non-hydrogen) atoms. The Hall–Kier alpha value is -2.00. The number of nitrogens with one attached hydrogen (secondary N) is 1. The van der Waals surface area contributed by atoms with Gasteiger partial charge in [-0.05, 0) is 31.9 Å². The van der Waals surface area contributed by atoms with Gasteiger partial charge in [-0.25, -0.2) is 13.1 Å². The Morgan fingerprint density at radius 3 is 2.48 bits per heavy atom. The van der Waals surface area contributed by atoms with Crippen LogP contribution in [-0.4, -0.2) is 31.0 Å². The molecule has 0 bridgehead atoms. The van der Waals surface area contributed by atoms with E-state index in [9.17, 15) is 23.3 Å². The molecule has 1 aromatic carbocycles. The molecule has 0 aliphatic carbocycles. The maximum Gasteiger partial charge on any atom is 0.303 e. The number of aryl methyl sites for hydroxylation is 2. The highest BCUT2D eigenvalue weighted by atomic mass is 32.2. The molecule has 0 fully saturated rings. The van der Waals surface area contributed by atoms with E-state index in [1.807, 2.05) is 0 Å². The Morgan fingerprint density at radius 1 is 1.33 bits per heavy atom. The molecular formula is C12H16N2O6S. The van der Waals surface area contributed by atoms with Crippen molar-refractivity contribution in [3.8, 4) is 0 Å². The van der Waals surface area contributed by atoms with Gasteiger partial charge in [0, 0.05) is 24.6 Å². The van der Waals surface area contributed by atoms with Crippen LogP contribution in [0.15, 0.2) is 17.0 Å². The molecule has 0 atom stereocenters. The highest BCUT2D eigenvalue weighted by molar-refractivity contribution is 7.89. The van der Waals surface area contributed by atoms with E-state index in [-0.39, 0.29) is 41.1 Å². The first-order valence-corrected chi connectivity index (χ1v) is 7.60. The minimum atomic E-state index is -3.82. The van der Waals surface area contributed by atoms with Crippen LogP contribution in [0.2, 0.25) is 0 Å². The summed E-state index contributed by atoms with van der Waals surface area (Å²) in [6, 6.07) is 2.45. The third-order valence-electron chi connectivity index (χ3n) is 2.84. The highest BCUT2D eigenvalue weighted by Crippen LogP contribution is 2.25. The van der Waals surface area contributed by atoms with Crippen molar-refractivity contribution in [1.29, 1.82) is 0 Å². The molecule has 0 aromatic heterocycles. The average molecular weight is 316 g/mol. The van der Waals surface area contributed by atoms with E-state index in [2.05, 4.69) is 4.72 Å². The second kappa shape index (κ2) is 6.64. The Balaban J connectivity index is 2.96. The van der Waals surface area contributed by atoms with Crippen LogP contribution in [0.5, 0.6) is 0 Å². The van der Waals surface area contributed by atoms with Crippen molar-refractivity contribution in [2.45, 2.75) is 31.6 Å². The minimum absolute atomic E-state index is 0.00981. The second-order valence-electron chi connectivity index (χ2n) is 4.56. The monoisotopic (exact) mass is 316 g/mol. The summed E-state index contributed by atoms with van der Waals surface area (Å²) in [7, 11) is -3.82. The molecule has 0 amide bonds. The molecule has 0 aliphatic rings. The van der Waals surface area contributed by atoms with Gasteiger partial charge in [0.05, 0.1) is 9.82 Å². The van der Waals surface area contributed by atoms with Gasteiger partial charge >= 0.3 is 5.97 Å². The van der Waals surface area contributed by atoms with Crippen molar-refractivity contribution >= 4 is 21.7 Å². The SMILES string of the molecule is Cc1cc(S(=O)(=O)NCCCC(=O)O)c(C)cc1[N+](=O)[O-]. The van der Waals surface area contributed by atoms with Gasteiger partial charge in [-0.3, -0.25) is 14.9 Å². The van der Waals surface area contributed by atoms with Crippen molar-refractivity contribution in [1.82, 2.24) is 4.72 Å². The number of hydrogen-bond donors (Lipinski definition) is 2. The normalized spacial score (nSPS) is 11.3. The lowest BCUT2D eigenvalue weighted by molar-refractivity contribution is -0.385. The standard InChI is InChI=1S/C12H16N2O6S/c1-8-7-11(9(2)6-10(8)14(17)18)21(19,20)13-5-3-4-12(15)16/h6-7,13H,3-5H2,1-2H3,(H,15,16). The first-order chi connectivity index (χ1) is 9.65. The molecule has 0 heterocycles. The number of hydrogen-bond acceptors (Lipinski definition) is 5. The van der Waals surface area contributed by atoms with Gasteiger partial charge in [-0.15, -0.1) is 0 Å². The van der Waals surface area contributed by atoms with Gasteiger partial charge < -0.3 is 5.11 Å². The quantitative estimate of drug-likeness (QED) is 0.444. The fourth-order valence-electron chi connectivity index (χ4n) is 1.78. The number of nitro groups is 1. The van der Waals surface area contributed by atoms with Gasteiger partial charge in [0.15, 0.2) is 0 Å². The van der Waals surface area contributed by atoms with E-state index in [0.29, 0.717) is 0 Å². The van der Waals surface area contributed by atoms with Crippen LogP contribution in [0.25, 0.3) is 0 Å². The summed E-state index contributed by atoms with van der Waals surface area (Å²) < 4.78 is 26.5. The molecule has 2 N–H and O–H groups in total. The van der Waals surface area contributed by atoms with E-state index in [1.165, 1.54) is 26.0 Å². The Kier molecular flexibility index (Phi) is 5.39. The number of rotatable bonds is 7. The van der Waals surface area contributed by atoms with Crippen LogP contribution in [0.4, 0.5) is 5.69 Å². The van der Waals surface area contributed by atoms with Crippen molar-refractivity contribution < 1.29 is 23.2 Å². The number of carboxylic acids is 1. The zero-order valence-corrected chi connectivity index (χ0v) is 12.4. The molecule has 0 spiro atoms. The maximum atomic E-state index is 12.1. The predicted octanol–water partition coefficient (Wildman–Crippen LogP) is 1.35. The molecule has 1 aromatic rings. The Bertz CT molecular complexity index is 669. The summed E-state index contributed by atoms with van der Waals surface area (Å²) in [5.74, 6) is -1.00. The predicted molar refractivity (Wildman–Crippen MR) is 74.6 cm³/mol. The molecule has 116 valence electrons. The molecule has 0 saturated heterocycles. The first kappa shape index (κ1) is 17.1. The van der Waals surface area contributed by atoms with Crippen LogP contribution in [0, 0.1) is 24.0 Å². The van der Waals surface area contributed by atoms with Crippen LogP contribution >= 0.6 is 0 Å². The molecule has 0 radical (unpaired) electrons. The van der Waals surface area contributed by atoms with Crippen LogP contribution in [0.1, 0.15) is 24.0 Å². The van der Waals surface area contributed by atoms with E-state index >= 15 is 0 Å². The summed E-state index contributed by atoms with van der Waals surface area (Å²) >= 11 is 0. The van der Waals surface area contributed by atoms with Gasteiger partial charge in [-0.1, -0.05) is 0 Å². The van der Waals surface area contributed by atoms with Crippen molar-refractivity contribution in [3.63, 3.8) is 0 Å². The maximum absolute atomic E-state index is 12.1. The number of benzene rings is 1. The van der Waals surface area contributed by atoms with Gasteiger partial charge in [0.2, 0.25) is 10.0 Å². The van der Waals surface area contributed by atoms with E-state index in [0.717, 1.165) is 0 Å². The number of carboxylic acid groups (broad SMARTS) is 1. The Morgan fingerprint density at radius 2 is 1.95 bits per heavy atom. The largest absolute Gasteiger partial charge is 0.481 e. The zero-order chi connectivity index (χ0) is 16.2. The lowest BCUT2D eigenvalue weighted by Crippen LogP contribution is -2.26. The Labute approximate surface area is 122 Å². The third-order valence-corrected chi connectivity index (χ3v) is 4.44. The number of aliphatic carboxylic acids is 1. The molecule has 1 rings (SSSR count). The first-order valence-electron chi connectivity index (χ1n) is 6.12. The topological polar surface area (TPSA) is 127 Å². The fourth-order valence-corrected chi connectivity index (χ4v) is 3.17. The van der Waals surface area contributed by atoms with Crippen LogP contribution in [0.3, 0.4) is 0 Å². The fraction of sp³-hybridized carbons (Fsp3) is 0.417. The summed E-state index contributed by atoms with van der Waals surface area (Å²) in [6.45, 7) is 2.92. The van der Waals surface area contributed by atoms with E-state index < -0.39 is 20.9 Å². The number of nitrogens with zero attached hydrogens (tertiary/aromatic N) is 1. The summed E-state index contributed by atoms with van der Waals surface area (Å²) in [4.78, 5) is 20.5. The lowest BCUT2D eigenvalue weighted by atomic mass is 10.1. The van der Waals surface area contributed by atoms with E-state index in [1.54, 1.807) is 0 Å². The van der Waals surface area contributed by atoms with Crippen molar-refractivity contribution in [2.75, 3.05) is 6.54 Å². The molecule has 0 unspecified atom stereocenters. The molecule has 0 saturated carbocycles. The van der Waals surface area contributed by atoms with Crippen molar-refractivity contribution in [3.05, 3.63) is 33.4 Å². The van der Waals surface area contributed by atoms with Crippen molar-refractivity contribution in [2.24, 2.45) is 0 Å². The summed E-state index contributed by atoms with van der Waals surface area (Å²) in [6.07, 6.45) is 0.0281. The number of nitro benzene ring substituents is 1. The smallest absolute Gasteiger partial charge is 0.303 e. The molecule has 9 heteroatoms. The highest BCUT2D eigenvalue weighted by Gasteiger charge is 2.21. The average Bonchev–Trinajstić information content (AvgIpc) is 2.36. The number of sulfonamides is 1. The zero-order valence-electron chi connectivity index (χ0n) is 11.6. The molecule has 0 aliphatic heterocycles. The van der Waals surface area contributed by atoms with Gasteiger partial charge in [0.1, 0.15) is 0 Å².